The monoisotopic (exact) mass is 800 g/mol. The normalized spacial score (nSPS) is 53.2. The lowest BCUT2D eigenvalue weighted by Gasteiger charge is -2.71. The summed E-state index contributed by atoms with van der Waals surface area (Å²) in [4.78, 5) is 0. The molecule has 6 aliphatic rings. The summed E-state index contributed by atoms with van der Waals surface area (Å²) in [7, 11) is 0. The highest BCUT2D eigenvalue weighted by molar-refractivity contribution is 5.21. The molecule has 21 atom stereocenters. The SMILES string of the molecule is C[C@@H]1O[C@@H](OC[C@H]2O[C@@H](O[C@](C)(C/C=C/C(C)(C)O)[C@H]3CC[C@]4(C)[C@@H]3[C@H](O)C[C@@H]3[C@@]5(C)C[C@@H](O)[C@H](O)C(C)(C)[C@@H]5CC[C@]34C)[C@H](O)[C@@H](O)[C@@H]2O)[C@H](O)[C@H](O)[C@H]1O. The Labute approximate surface area is 331 Å². The van der Waals surface area contributed by atoms with Crippen LogP contribution in [-0.4, -0.2) is 149 Å². The molecule has 10 N–H and O–H groups in total. The number of ether oxygens (including phenoxy) is 4. The molecule has 0 aromatic carbocycles. The quantitative estimate of drug-likeness (QED) is 0.147. The summed E-state index contributed by atoms with van der Waals surface area (Å²) in [6.07, 6.45) is -8.92. The predicted molar refractivity (Wildman–Crippen MR) is 202 cm³/mol. The molecule has 4 aliphatic carbocycles. The summed E-state index contributed by atoms with van der Waals surface area (Å²) in [6.45, 7) is 17.3. The van der Waals surface area contributed by atoms with Gasteiger partial charge in [-0.3, -0.25) is 0 Å². The van der Waals surface area contributed by atoms with Gasteiger partial charge < -0.3 is 70.0 Å². The van der Waals surface area contributed by atoms with E-state index in [1.165, 1.54) is 6.92 Å². The standard InChI is InChI=1S/C42H72O14/c1-20-28(45)30(47)32(49)35(54-20)53-19-24-29(46)31(48)33(50)36(55-24)56-42(9,14-10-13-37(2,3)52)21-11-15-41(8)27(21)22(43)17-26-39(6)18-23(44)34(51)38(4,5)25(39)12-16-40(26,41)7/h10,13,20-36,43-52H,11-12,14-19H2,1-9H3/b13-10+/t20-,21-,22+,23+,24+,25-,26+,27-,28-,29+,30+,31-,32+,33+,34-,35+,36-,39-,40+,41+,42+/m0/s1. The van der Waals surface area contributed by atoms with E-state index in [-0.39, 0.29) is 46.3 Å². The van der Waals surface area contributed by atoms with Gasteiger partial charge in [-0.15, -0.1) is 0 Å². The van der Waals surface area contributed by atoms with Gasteiger partial charge in [0.05, 0.1) is 42.2 Å². The first-order chi connectivity index (χ1) is 25.7. The molecule has 324 valence electrons. The fraction of sp³-hybridized carbons (Fsp3) is 0.952. The fourth-order valence-electron chi connectivity index (χ4n) is 13.2. The van der Waals surface area contributed by atoms with Crippen LogP contribution in [0.15, 0.2) is 12.2 Å². The molecule has 0 unspecified atom stereocenters. The van der Waals surface area contributed by atoms with Gasteiger partial charge in [0.1, 0.15) is 42.7 Å². The molecule has 0 radical (unpaired) electrons. The smallest absolute Gasteiger partial charge is 0.187 e. The summed E-state index contributed by atoms with van der Waals surface area (Å²) < 4.78 is 24.2. The highest BCUT2D eigenvalue weighted by Crippen LogP contribution is 2.76. The Morgan fingerprint density at radius 1 is 0.714 bits per heavy atom. The van der Waals surface area contributed by atoms with Crippen molar-refractivity contribution in [1.29, 1.82) is 0 Å². The van der Waals surface area contributed by atoms with Crippen LogP contribution in [0, 0.1) is 45.3 Å². The van der Waals surface area contributed by atoms with Crippen LogP contribution in [0.4, 0.5) is 0 Å². The Morgan fingerprint density at radius 2 is 1.32 bits per heavy atom. The number of rotatable bonds is 9. The Morgan fingerprint density at radius 3 is 1.96 bits per heavy atom. The molecule has 14 nitrogen and oxygen atoms in total. The first-order valence-corrected chi connectivity index (χ1v) is 20.9. The van der Waals surface area contributed by atoms with E-state index in [2.05, 4.69) is 34.6 Å². The molecule has 0 aromatic rings. The van der Waals surface area contributed by atoms with Crippen LogP contribution in [0.3, 0.4) is 0 Å². The van der Waals surface area contributed by atoms with Gasteiger partial charge in [-0.25, -0.2) is 0 Å². The average Bonchev–Trinajstić information content (AvgIpc) is 3.49. The van der Waals surface area contributed by atoms with Crippen molar-refractivity contribution in [2.45, 2.75) is 198 Å². The first kappa shape index (κ1) is 44.7. The Kier molecular flexibility index (Phi) is 12.2. The zero-order valence-electron chi connectivity index (χ0n) is 34.7. The fourth-order valence-corrected chi connectivity index (χ4v) is 13.2. The zero-order valence-corrected chi connectivity index (χ0v) is 34.7. The Bertz CT molecular complexity index is 1420. The Hall–Kier alpha value is -0.820. The van der Waals surface area contributed by atoms with Gasteiger partial charge in [-0.2, -0.15) is 0 Å². The van der Waals surface area contributed by atoms with Crippen molar-refractivity contribution in [2.24, 2.45) is 45.3 Å². The van der Waals surface area contributed by atoms with E-state index in [1.54, 1.807) is 19.9 Å². The lowest BCUT2D eigenvalue weighted by molar-refractivity contribution is -0.347. The van der Waals surface area contributed by atoms with Gasteiger partial charge in [0.2, 0.25) is 0 Å². The molecular formula is C42H72O14. The Balaban J connectivity index is 1.28. The average molecular weight is 801 g/mol. The van der Waals surface area contributed by atoms with Gasteiger partial charge in [0.25, 0.3) is 0 Å². The zero-order chi connectivity index (χ0) is 41.7. The molecule has 0 bridgehead atoms. The number of hydrogen-bond donors (Lipinski definition) is 10. The summed E-state index contributed by atoms with van der Waals surface area (Å²) in [5, 5.41) is 110. The van der Waals surface area contributed by atoms with Crippen LogP contribution in [0.1, 0.15) is 107 Å². The second-order valence-corrected chi connectivity index (χ2v) is 20.7. The number of aliphatic hydroxyl groups excluding tert-OH is 9. The molecule has 4 saturated carbocycles. The molecule has 2 aliphatic heterocycles. The molecule has 2 heterocycles. The van der Waals surface area contributed by atoms with Crippen molar-refractivity contribution in [3.05, 3.63) is 12.2 Å². The van der Waals surface area contributed by atoms with E-state index in [1.807, 2.05) is 13.0 Å². The molecule has 6 rings (SSSR count). The molecule has 0 amide bonds. The third-order valence-corrected chi connectivity index (χ3v) is 16.4. The van der Waals surface area contributed by atoms with E-state index in [4.69, 9.17) is 18.9 Å². The molecular weight excluding hydrogens is 728 g/mol. The van der Waals surface area contributed by atoms with Crippen LogP contribution in [-0.2, 0) is 18.9 Å². The second-order valence-electron chi connectivity index (χ2n) is 20.7. The van der Waals surface area contributed by atoms with Crippen molar-refractivity contribution in [3.8, 4) is 0 Å². The minimum atomic E-state index is -1.71. The van der Waals surface area contributed by atoms with Crippen molar-refractivity contribution in [3.63, 3.8) is 0 Å². The highest BCUT2D eigenvalue weighted by atomic mass is 16.7. The third kappa shape index (κ3) is 7.26. The predicted octanol–water partition coefficient (Wildman–Crippen LogP) is 1.12. The lowest BCUT2D eigenvalue weighted by Crippen LogP contribution is -2.68. The lowest BCUT2D eigenvalue weighted by atomic mass is 9.35. The van der Waals surface area contributed by atoms with Gasteiger partial charge in [-0.05, 0) is 118 Å². The van der Waals surface area contributed by atoms with Crippen molar-refractivity contribution in [2.75, 3.05) is 6.61 Å². The van der Waals surface area contributed by atoms with Crippen molar-refractivity contribution < 1.29 is 70.0 Å². The van der Waals surface area contributed by atoms with Crippen molar-refractivity contribution >= 4 is 0 Å². The molecule has 0 aromatic heterocycles. The number of fused-ring (bicyclic) bond motifs is 5. The first-order valence-electron chi connectivity index (χ1n) is 20.9. The topological polar surface area (TPSA) is 239 Å². The minimum absolute atomic E-state index is 0.0763. The maximum atomic E-state index is 12.4. The van der Waals surface area contributed by atoms with Gasteiger partial charge in [0.15, 0.2) is 12.6 Å². The number of hydrogen-bond acceptors (Lipinski definition) is 14. The minimum Gasteiger partial charge on any atom is -0.393 e. The number of aliphatic hydroxyl groups is 10. The maximum Gasteiger partial charge on any atom is 0.187 e. The summed E-state index contributed by atoms with van der Waals surface area (Å²) in [6, 6.07) is 0. The van der Waals surface area contributed by atoms with Crippen LogP contribution in [0.2, 0.25) is 0 Å². The van der Waals surface area contributed by atoms with E-state index in [0.29, 0.717) is 19.3 Å². The van der Waals surface area contributed by atoms with Gasteiger partial charge >= 0.3 is 0 Å². The van der Waals surface area contributed by atoms with E-state index in [0.717, 1.165) is 19.3 Å². The molecule has 2 saturated heterocycles. The van der Waals surface area contributed by atoms with Gasteiger partial charge in [0, 0.05) is 0 Å². The second kappa shape index (κ2) is 15.3. The van der Waals surface area contributed by atoms with Crippen LogP contribution in [0.25, 0.3) is 0 Å². The third-order valence-electron chi connectivity index (χ3n) is 16.4. The largest absolute Gasteiger partial charge is 0.393 e. The van der Waals surface area contributed by atoms with E-state index < -0.39 is 103 Å². The molecule has 56 heavy (non-hydrogen) atoms. The maximum absolute atomic E-state index is 12.4. The molecule has 14 heteroatoms. The van der Waals surface area contributed by atoms with Gasteiger partial charge in [-0.1, -0.05) is 46.8 Å². The molecule has 0 spiro atoms. The summed E-state index contributed by atoms with van der Waals surface area (Å²) in [5.74, 6) is -0.289. The molecule has 6 fully saturated rings. The van der Waals surface area contributed by atoms with Crippen LogP contribution in [0.5, 0.6) is 0 Å². The van der Waals surface area contributed by atoms with Crippen molar-refractivity contribution in [1.82, 2.24) is 0 Å². The van der Waals surface area contributed by atoms with E-state index >= 15 is 0 Å². The highest BCUT2D eigenvalue weighted by Gasteiger charge is 2.72. The van der Waals surface area contributed by atoms with E-state index in [9.17, 15) is 51.1 Å². The van der Waals surface area contributed by atoms with Crippen LogP contribution < -0.4 is 0 Å². The summed E-state index contributed by atoms with van der Waals surface area (Å²) >= 11 is 0. The summed E-state index contributed by atoms with van der Waals surface area (Å²) in [5.41, 5.74) is -3.67. The van der Waals surface area contributed by atoms with Crippen LogP contribution >= 0.6 is 0 Å².